The minimum absolute atomic E-state index is 0.0531. The van der Waals surface area contributed by atoms with Crippen LogP contribution in [0.4, 0.5) is 0 Å². The number of esters is 1. The SMILES string of the molecule is C=CCOc1ccc(/C=C2\N=C(c3ccc(C(C)(C)C)cc3)OC2=O)cc1OCC. The minimum Gasteiger partial charge on any atom is -0.490 e. The lowest BCUT2D eigenvalue weighted by atomic mass is 9.87. The number of carbonyl (C=O) groups excluding carboxylic acids is 1. The van der Waals surface area contributed by atoms with Crippen LogP contribution >= 0.6 is 0 Å². The zero-order valence-corrected chi connectivity index (χ0v) is 17.9. The standard InChI is InChI=1S/C25H27NO4/c1-6-14-29-21-13-8-17(16-22(21)28-7-2)15-20-24(27)30-23(26-20)18-9-11-19(12-10-18)25(3,4)5/h6,8-13,15-16H,1,7,14H2,2-5H3/b20-15-. The van der Waals surface area contributed by atoms with E-state index in [0.29, 0.717) is 30.6 Å². The summed E-state index contributed by atoms with van der Waals surface area (Å²) in [4.78, 5) is 16.7. The van der Waals surface area contributed by atoms with Gasteiger partial charge >= 0.3 is 5.97 Å². The Morgan fingerprint density at radius 3 is 2.43 bits per heavy atom. The Labute approximate surface area is 177 Å². The van der Waals surface area contributed by atoms with Crippen LogP contribution in [-0.2, 0) is 14.9 Å². The summed E-state index contributed by atoms with van der Waals surface area (Å²) < 4.78 is 16.7. The van der Waals surface area contributed by atoms with Crippen LogP contribution in [0, 0.1) is 0 Å². The molecular weight excluding hydrogens is 378 g/mol. The van der Waals surface area contributed by atoms with E-state index in [-0.39, 0.29) is 11.1 Å². The van der Waals surface area contributed by atoms with Crippen LogP contribution in [0.2, 0.25) is 0 Å². The number of nitrogens with zero attached hydrogens (tertiary/aromatic N) is 1. The Balaban J connectivity index is 1.86. The highest BCUT2D eigenvalue weighted by molar-refractivity contribution is 6.12. The van der Waals surface area contributed by atoms with Gasteiger partial charge < -0.3 is 14.2 Å². The van der Waals surface area contributed by atoms with Crippen LogP contribution in [0.1, 0.15) is 44.4 Å². The van der Waals surface area contributed by atoms with Crippen molar-refractivity contribution in [2.45, 2.75) is 33.1 Å². The molecule has 0 aliphatic carbocycles. The van der Waals surface area contributed by atoms with Crippen molar-refractivity contribution in [1.29, 1.82) is 0 Å². The number of hydrogen-bond donors (Lipinski definition) is 0. The van der Waals surface area contributed by atoms with E-state index in [2.05, 4.69) is 32.3 Å². The number of cyclic esters (lactones) is 1. The van der Waals surface area contributed by atoms with Crippen molar-refractivity contribution < 1.29 is 19.0 Å². The molecule has 5 heteroatoms. The van der Waals surface area contributed by atoms with E-state index >= 15 is 0 Å². The van der Waals surface area contributed by atoms with E-state index in [0.717, 1.165) is 11.1 Å². The fraction of sp³-hybridized carbons (Fsp3) is 0.280. The first-order valence-corrected chi connectivity index (χ1v) is 9.96. The van der Waals surface area contributed by atoms with E-state index in [1.54, 1.807) is 18.2 Å². The maximum atomic E-state index is 12.3. The maximum Gasteiger partial charge on any atom is 0.363 e. The molecule has 0 spiro atoms. The van der Waals surface area contributed by atoms with Gasteiger partial charge in [-0.1, -0.05) is 51.6 Å². The van der Waals surface area contributed by atoms with Gasteiger partial charge in [-0.05, 0) is 53.8 Å². The molecule has 2 aromatic rings. The van der Waals surface area contributed by atoms with Crippen molar-refractivity contribution in [2.75, 3.05) is 13.2 Å². The molecule has 0 saturated heterocycles. The van der Waals surface area contributed by atoms with Crippen LogP contribution in [-0.4, -0.2) is 25.1 Å². The van der Waals surface area contributed by atoms with Gasteiger partial charge in [-0.25, -0.2) is 9.79 Å². The lowest BCUT2D eigenvalue weighted by Crippen LogP contribution is -2.11. The number of hydrogen-bond acceptors (Lipinski definition) is 5. The molecule has 5 nitrogen and oxygen atoms in total. The molecule has 0 N–H and O–H groups in total. The quantitative estimate of drug-likeness (QED) is 0.357. The number of carbonyl (C=O) groups is 1. The highest BCUT2D eigenvalue weighted by Crippen LogP contribution is 2.30. The fourth-order valence-corrected chi connectivity index (χ4v) is 2.95. The molecular formula is C25H27NO4. The van der Waals surface area contributed by atoms with Crippen molar-refractivity contribution in [3.63, 3.8) is 0 Å². The fourth-order valence-electron chi connectivity index (χ4n) is 2.95. The molecule has 0 unspecified atom stereocenters. The molecule has 0 radical (unpaired) electrons. The summed E-state index contributed by atoms with van der Waals surface area (Å²) in [5, 5.41) is 0. The van der Waals surface area contributed by atoms with Gasteiger partial charge in [0.1, 0.15) is 6.61 Å². The van der Waals surface area contributed by atoms with Gasteiger partial charge in [-0.3, -0.25) is 0 Å². The third-order valence-corrected chi connectivity index (χ3v) is 4.55. The minimum atomic E-state index is -0.477. The second kappa shape index (κ2) is 8.99. The highest BCUT2D eigenvalue weighted by Gasteiger charge is 2.25. The molecule has 0 saturated carbocycles. The predicted molar refractivity (Wildman–Crippen MR) is 119 cm³/mol. The molecule has 2 aromatic carbocycles. The summed E-state index contributed by atoms with van der Waals surface area (Å²) in [5.74, 6) is 1.05. The number of ether oxygens (including phenoxy) is 3. The van der Waals surface area contributed by atoms with E-state index in [9.17, 15) is 4.79 Å². The van der Waals surface area contributed by atoms with E-state index in [4.69, 9.17) is 14.2 Å². The maximum absolute atomic E-state index is 12.3. The van der Waals surface area contributed by atoms with Crippen molar-refractivity contribution >= 4 is 17.9 Å². The molecule has 0 amide bonds. The summed E-state index contributed by atoms with van der Waals surface area (Å²) in [7, 11) is 0. The van der Waals surface area contributed by atoms with Crippen molar-refractivity contribution in [2.24, 2.45) is 4.99 Å². The number of benzene rings is 2. The Morgan fingerprint density at radius 2 is 1.80 bits per heavy atom. The van der Waals surface area contributed by atoms with Gasteiger partial charge in [-0.2, -0.15) is 0 Å². The lowest BCUT2D eigenvalue weighted by Gasteiger charge is -2.18. The first kappa shape index (κ1) is 21.4. The second-order valence-corrected chi connectivity index (χ2v) is 7.90. The summed E-state index contributed by atoms with van der Waals surface area (Å²) in [6.45, 7) is 12.9. The van der Waals surface area contributed by atoms with E-state index in [1.807, 2.05) is 43.3 Å². The van der Waals surface area contributed by atoms with Gasteiger partial charge in [0, 0.05) is 5.56 Å². The molecule has 0 fully saturated rings. The lowest BCUT2D eigenvalue weighted by molar-refractivity contribution is -0.129. The van der Waals surface area contributed by atoms with Crippen molar-refractivity contribution in [3.05, 3.63) is 77.5 Å². The Hall–Kier alpha value is -3.34. The molecule has 156 valence electrons. The largest absolute Gasteiger partial charge is 0.490 e. The van der Waals surface area contributed by atoms with Gasteiger partial charge in [0.2, 0.25) is 5.90 Å². The van der Waals surface area contributed by atoms with Crippen LogP contribution in [0.3, 0.4) is 0 Å². The third kappa shape index (κ3) is 4.98. The molecule has 0 atom stereocenters. The summed E-state index contributed by atoms with van der Waals surface area (Å²) in [5.41, 5.74) is 3.03. The molecule has 3 rings (SSSR count). The van der Waals surface area contributed by atoms with Gasteiger partial charge in [0.25, 0.3) is 0 Å². The molecule has 1 aliphatic rings. The zero-order chi connectivity index (χ0) is 21.7. The predicted octanol–water partition coefficient (Wildman–Crippen LogP) is 5.29. The van der Waals surface area contributed by atoms with Gasteiger partial charge in [0.05, 0.1) is 6.61 Å². The average molecular weight is 405 g/mol. The topological polar surface area (TPSA) is 57.1 Å². The van der Waals surface area contributed by atoms with Crippen LogP contribution in [0.25, 0.3) is 6.08 Å². The molecule has 30 heavy (non-hydrogen) atoms. The van der Waals surface area contributed by atoms with E-state index in [1.165, 1.54) is 5.56 Å². The Kier molecular flexibility index (Phi) is 6.40. The molecule has 0 bridgehead atoms. The zero-order valence-electron chi connectivity index (χ0n) is 17.9. The smallest absolute Gasteiger partial charge is 0.363 e. The van der Waals surface area contributed by atoms with E-state index < -0.39 is 5.97 Å². The van der Waals surface area contributed by atoms with Crippen LogP contribution in [0.15, 0.2) is 65.8 Å². The molecule has 0 aromatic heterocycles. The number of aliphatic imine (C=N–C) groups is 1. The van der Waals surface area contributed by atoms with Gasteiger partial charge in [-0.15, -0.1) is 0 Å². The monoisotopic (exact) mass is 405 g/mol. The average Bonchev–Trinajstić information content (AvgIpc) is 3.07. The van der Waals surface area contributed by atoms with Crippen molar-refractivity contribution in [3.8, 4) is 11.5 Å². The van der Waals surface area contributed by atoms with Crippen LogP contribution < -0.4 is 9.47 Å². The first-order chi connectivity index (χ1) is 14.3. The highest BCUT2D eigenvalue weighted by atomic mass is 16.6. The molecule has 1 heterocycles. The molecule has 1 aliphatic heterocycles. The van der Waals surface area contributed by atoms with Crippen LogP contribution in [0.5, 0.6) is 11.5 Å². The Morgan fingerprint density at radius 1 is 1.07 bits per heavy atom. The Bertz CT molecular complexity index is 995. The summed E-state index contributed by atoms with van der Waals surface area (Å²) in [6, 6.07) is 13.4. The summed E-state index contributed by atoms with van der Waals surface area (Å²) >= 11 is 0. The van der Waals surface area contributed by atoms with Crippen molar-refractivity contribution in [1.82, 2.24) is 0 Å². The second-order valence-electron chi connectivity index (χ2n) is 7.90. The normalized spacial score (nSPS) is 15.0. The van der Waals surface area contributed by atoms with Gasteiger partial charge in [0.15, 0.2) is 17.2 Å². The summed E-state index contributed by atoms with van der Waals surface area (Å²) in [6.07, 6.45) is 3.35. The number of rotatable bonds is 7. The third-order valence-electron chi connectivity index (χ3n) is 4.55. The first-order valence-electron chi connectivity index (χ1n) is 9.96.